The molecular formula is C21H27FN2O5S. The number of ketones is 1. The lowest BCUT2D eigenvalue weighted by Gasteiger charge is -2.34. The third-order valence-corrected chi connectivity index (χ3v) is 6.69. The summed E-state index contributed by atoms with van der Waals surface area (Å²) in [7, 11) is -3.42. The van der Waals surface area contributed by atoms with Crippen LogP contribution < -0.4 is 5.32 Å². The first-order valence-corrected chi connectivity index (χ1v) is 12.1. The molecule has 1 saturated heterocycles. The van der Waals surface area contributed by atoms with Crippen molar-refractivity contribution < 1.29 is 27.2 Å². The molecule has 0 radical (unpaired) electrons. The molecule has 1 aliphatic heterocycles. The topological polar surface area (TPSA) is 101 Å². The first-order valence-electron chi connectivity index (χ1n) is 10.1. The number of amides is 2. The second-order valence-electron chi connectivity index (χ2n) is 8.42. The monoisotopic (exact) mass is 438 g/mol. The Bertz CT molecular complexity index is 958. The Morgan fingerprint density at radius 2 is 1.93 bits per heavy atom. The highest BCUT2D eigenvalue weighted by Gasteiger charge is 2.53. The molecular weight excluding hydrogens is 411 g/mol. The lowest BCUT2D eigenvalue weighted by atomic mass is 9.93. The summed E-state index contributed by atoms with van der Waals surface area (Å²) in [5.41, 5.74) is -0.595. The van der Waals surface area contributed by atoms with E-state index < -0.39 is 38.8 Å². The largest absolute Gasteiger partial charge is 0.344 e. The van der Waals surface area contributed by atoms with E-state index >= 15 is 0 Å². The van der Waals surface area contributed by atoms with Gasteiger partial charge in [0, 0.05) is 30.8 Å². The molecule has 0 unspecified atom stereocenters. The Hall–Kier alpha value is -2.29. The lowest BCUT2D eigenvalue weighted by molar-refractivity contribution is -0.139. The maximum Gasteiger partial charge on any atom is 0.244 e. The van der Waals surface area contributed by atoms with Crippen molar-refractivity contribution in [3.05, 3.63) is 35.6 Å². The highest BCUT2D eigenvalue weighted by Crippen LogP contribution is 2.49. The van der Waals surface area contributed by atoms with Gasteiger partial charge in [0.2, 0.25) is 11.8 Å². The van der Waals surface area contributed by atoms with Crippen molar-refractivity contribution >= 4 is 27.4 Å². The zero-order chi connectivity index (χ0) is 22.1. The predicted octanol–water partition coefficient (Wildman–Crippen LogP) is 1.21. The number of benzene rings is 1. The third kappa shape index (κ3) is 4.88. The van der Waals surface area contributed by atoms with Crippen LogP contribution in [0, 0.1) is 11.7 Å². The molecule has 164 valence electrons. The highest BCUT2D eigenvalue weighted by atomic mass is 32.2. The minimum absolute atomic E-state index is 0.145. The van der Waals surface area contributed by atoms with Gasteiger partial charge >= 0.3 is 0 Å². The summed E-state index contributed by atoms with van der Waals surface area (Å²) < 4.78 is 37.0. The van der Waals surface area contributed by atoms with E-state index in [4.69, 9.17) is 0 Å². The van der Waals surface area contributed by atoms with Crippen molar-refractivity contribution in [3.8, 4) is 0 Å². The SMILES string of the molecule is C[C@@H](NC(=O)C1(c2ccccc2F)CC1)C(=O)N1CCC[C@@H](C(=O)CS(C)(=O)=O)C1. The normalized spacial score (nSPS) is 21.6. The van der Waals surface area contributed by atoms with Crippen LogP contribution in [0.4, 0.5) is 4.39 Å². The minimum atomic E-state index is -3.42. The molecule has 1 saturated carbocycles. The van der Waals surface area contributed by atoms with Crippen molar-refractivity contribution in [1.29, 1.82) is 0 Å². The Labute approximate surface area is 175 Å². The van der Waals surface area contributed by atoms with Gasteiger partial charge in [0.1, 0.15) is 17.6 Å². The van der Waals surface area contributed by atoms with E-state index in [1.165, 1.54) is 11.0 Å². The average molecular weight is 439 g/mol. The van der Waals surface area contributed by atoms with E-state index in [-0.39, 0.29) is 24.1 Å². The van der Waals surface area contributed by atoms with E-state index in [1.54, 1.807) is 25.1 Å². The van der Waals surface area contributed by atoms with Gasteiger partial charge in [-0.2, -0.15) is 0 Å². The second kappa shape index (κ2) is 8.45. The fraction of sp³-hybridized carbons (Fsp3) is 0.571. The Morgan fingerprint density at radius 1 is 1.27 bits per heavy atom. The summed E-state index contributed by atoms with van der Waals surface area (Å²) in [6.45, 7) is 2.16. The number of Topliss-reactive ketones (excluding diaryl/α,β-unsaturated/α-hetero) is 1. The number of likely N-dealkylation sites (tertiary alicyclic amines) is 1. The molecule has 2 atom stereocenters. The van der Waals surface area contributed by atoms with Crippen LogP contribution >= 0.6 is 0 Å². The molecule has 30 heavy (non-hydrogen) atoms. The van der Waals surface area contributed by atoms with Gasteiger partial charge in [-0.05, 0) is 38.7 Å². The van der Waals surface area contributed by atoms with E-state index in [0.717, 1.165) is 6.26 Å². The number of sulfone groups is 1. The fourth-order valence-electron chi connectivity index (χ4n) is 4.08. The van der Waals surface area contributed by atoms with Crippen LogP contribution in [0.25, 0.3) is 0 Å². The molecule has 7 nitrogen and oxygen atoms in total. The van der Waals surface area contributed by atoms with Crippen LogP contribution in [0.15, 0.2) is 24.3 Å². The van der Waals surface area contributed by atoms with Gasteiger partial charge in [0.15, 0.2) is 15.6 Å². The molecule has 0 bridgehead atoms. The van der Waals surface area contributed by atoms with Crippen molar-refractivity contribution in [2.75, 3.05) is 25.1 Å². The van der Waals surface area contributed by atoms with Crippen molar-refractivity contribution in [1.82, 2.24) is 10.2 Å². The lowest BCUT2D eigenvalue weighted by Crippen LogP contribution is -2.52. The Kier molecular flexibility index (Phi) is 6.31. The summed E-state index contributed by atoms with van der Waals surface area (Å²) >= 11 is 0. The molecule has 1 aliphatic carbocycles. The van der Waals surface area contributed by atoms with E-state index in [2.05, 4.69) is 5.32 Å². The van der Waals surface area contributed by atoms with Crippen LogP contribution in [-0.2, 0) is 29.6 Å². The molecule has 3 rings (SSSR count). The summed E-state index contributed by atoms with van der Waals surface area (Å²) in [4.78, 5) is 39.4. The Morgan fingerprint density at radius 3 is 2.53 bits per heavy atom. The van der Waals surface area contributed by atoms with E-state index in [9.17, 15) is 27.2 Å². The zero-order valence-corrected chi connectivity index (χ0v) is 18.0. The summed E-state index contributed by atoms with van der Waals surface area (Å²) in [6.07, 6.45) is 3.18. The molecule has 1 aromatic rings. The number of hydrogen-bond donors (Lipinski definition) is 1. The second-order valence-corrected chi connectivity index (χ2v) is 10.6. The number of rotatable bonds is 7. The predicted molar refractivity (Wildman–Crippen MR) is 109 cm³/mol. The number of nitrogens with zero attached hydrogens (tertiary/aromatic N) is 1. The Balaban J connectivity index is 1.62. The van der Waals surface area contributed by atoms with Gasteiger partial charge in [-0.15, -0.1) is 0 Å². The van der Waals surface area contributed by atoms with Crippen LogP contribution in [0.2, 0.25) is 0 Å². The number of carbonyl (C=O) groups excluding carboxylic acids is 3. The van der Waals surface area contributed by atoms with Gasteiger partial charge < -0.3 is 10.2 Å². The summed E-state index contributed by atoms with van der Waals surface area (Å²) in [5, 5.41) is 2.71. The average Bonchev–Trinajstić information content (AvgIpc) is 3.48. The standard InChI is InChI=1S/C21H27FN2O5S/c1-14(23-20(27)21(9-10-21)16-7-3-4-8-17(16)22)19(26)24-11-5-6-15(12-24)18(25)13-30(2,28)29/h3-4,7-8,14-15H,5-6,9-13H2,1-2H3,(H,23,27)/t14-,15-/m1/s1. The van der Waals surface area contributed by atoms with E-state index in [1.807, 2.05) is 0 Å². The van der Waals surface area contributed by atoms with Crippen molar-refractivity contribution in [2.24, 2.45) is 5.92 Å². The number of nitrogens with one attached hydrogen (secondary N) is 1. The van der Waals surface area contributed by atoms with Crippen molar-refractivity contribution in [3.63, 3.8) is 0 Å². The molecule has 1 N–H and O–H groups in total. The van der Waals surface area contributed by atoms with E-state index in [0.29, 0.717) is 37.8 Å². The number of piperidine rings is 1. The highest BCUT2D eigenvalue weighted by molar-refractivity contribution is 7.91. The quantitative estimate of drug-likeness (QED) is 0.690. The van der Waals surface area contributed by atoms with Crippen LogP contribution in [-0.4, -0.2) is 62.1 Å². The van der Waals surface area contributed by atoms with Crippen molar-refractivity contribution in [2.45, 2.75) is 44.1 Å². The first kappa shape index (κ1) is 22.4. The molecule has 0 spiro atoms. The van der Waals surface area contributed by atoms with Crippen LogP contribution in [0.1, 0.15) is 38.2 Å². The first-order chi connectivity index (χ1) is 14.0. The maximum atomic E-state index is 14.2. The molecule has 2 fully saturated rings. The molecule has 0 aromatic heterocycles. The van der Waals surface area contributed by atoms with Gasteiger partial charge in [0.25, 0.3) is 0 Å². The van der Waals surface area contributed by atoms with Crippen LogP contribution in [0.3, 0.4) is 0 Å². The molecule has 9 heteroatoms. The molecule has 2 amide bonds. The third-order valence-electron chi connectivity index (χ3n) is 5.88. The summed E-state index contributed by atoms with van der Waals surface area (Å²) in [5.74, 6) is -2.58. The summed E-state index contributed by atoms with van der Waals surface area (Å²) in [6, 6.07) is 5.33. The van der Waals surface area contributed by atoms with Gasteiger partial charge in [-0.1, -0.05) is 18.2 Å². The molecule has 1 aromatic carbocycles. The molecule has 2 aliphatic rings. The maximum absolute atomic E-state index is 14.2. The van der Waals surface area contributed by atoms with Crippen LogP contribution in [0.5, 0.6) is 0 Å². The van der Waals surface area contributed by atoms with Gasteiger partial charge in [0.05, 0.1) is 5.41 Å². The minimum Gasteiger partial charge on any atom is -0.344 e. The van der Waals surface area contributed by atoms with Gasteiger partial charge in [-0.25, -0.2) is 12.8 Å². The molecule has 1 heterocycles. The number of carbonyl (C=O) groups is 3. The smallest absolute Gasteiger partial charge is 0.244 e. The number of hydrogen-bond acceptors (Lipinski definition) is 5. The van der Waals surface area contributed by atoms with Gasteiger partial charge in [-0.3, -0.25) is 14.4 Å². The number of halogens is 1. The zero-order valence-electron chi connectivity index (χ0n) is 17.2. The fourth-order valence-corrected chi connectivity index (χ4v) is 4.83.